The van der Waals surface area contributed by atoms with E-state index in [0.717, 1.165) is 11.8 Å². The minimum absolute atomic E-state index is 0.889. The molecule has 0 aliphatic heterocycles. The van der Waals surface area contributed by atoms with E-state index in [1.54, 1.807) is 0 Å². The van der Waals surface area contributed by atoms with Gasteiger partial charge in [0.05, 0.1) is 0 Å². The van der Waals surface area contributed by atoms with Gasteiger partial charge in [0, 0.05) is 0 Å². The lowest BCUT2D eigenvalue weighted by molar-refractivity contribution is 0.314. The van der Waals surface area contributed by atoms with Gasteiger partial charge in [0.2, 0.25) is 0 Å². The van der Waals surface area contributed by atoms with Gasteiger partial charge in [0.25, 0.3) is 0 Å². The van der Waals surface area contributed by atoms with Gasteiger partial charge in [-0.15, -0.1) is 0 Å². The lowest BCUT2D eigenvalue weighted by Gasteiger charge is -2.16. The van der Waals surface area contributed by atoms with Crippen molar-refractivity contribution < 1.29 is 0 Å². The summed E-state index contributed by atoms with van der Waals surface area (Å²) in [6.07, 6.45) is 23.0. The molecule has 0 rings (SSSR count). The van der Waals surface area contributed by atoms with Gasteiger partial charge < -0.3 is 4.90 Å². The summed E-state index contributed by atoms with van der Waals surface area (Å²) >= 11 is 0. The van der Waals surface area contributed by atoms with Gasteiger partial charge in [-0.2, -0.15) is 0 Å². The third kappa shape index (κ3) is 22.0. The fourth-order valence-corrected chi connectivity index (χ4v) is 3.75. The lowest BCUT2D eigenvalue weighted by Crippen LogP contribution is -2.20. The van der Waals surface area contributed by atoms with Crippen LogP contribution in [0.2, 0.25) is 0 Å². The first kappa shape index (κ1) is 26.0. The predicted octanol–water partition coefficient (Wildman–Crippen LogP) is 8.47. The average Bonchev–Trinajstić information content (AvgIpc) is 2.58. The summed E-state index contributed by atoms with van der Waals surface area (Å²) in [5, 5.41) is 0. The summed E-state index contributed by atoms with van der Waals surface area (Å²) in [5.41, 5.74) is 0. The monoisotopic (exact) mass is 367 g/mol. The van der Waals surface area contributed by atoms with Crippen LogP contribution >= 0.6 is 0 Å². The second-order valence-electron chi connectivity index (χ2n) is 9.62. The van der Waals surface area contributed by atoms with Crippen molar-refractivity contribution >= 4 is 0 Å². The first-order valence-corrected chi connectivity index (χ1v) is 12.2. The second-order valence-corrected chi connectivity index (χ2v) is 9.62. The molecular formula is C25H53N. The highest BCUT2D eigenvalue weighted by Gasteiger charge is 2.00. The summed E-state index contributed by atoms with van der Waals surface area (Å²) in [4.78, 5) is 2.56. The van der Waals surface area contributed by atoms with Crippen LogP contribution in [0.15, 0.2) is 0 Å². The van der Waals surface area contributed by atoms with Crippen LogP contribution in [-0.4, -0.2) is 25.0 Å². The van der Waals surface area contributed by atoms with E-state index in [4.69, 9.17) is 0 Å². The summed E-state index contributed by atoms with van der Waals surface area (Å²) in [6.45, 7) is 12.0. The molecule has 0 spiro atoms. The Labute approximate surface area is 167 Å². The zero-order valence-electron chi connectivity index (χ0n) is 19.3. The fourth-order valence-electron chi connectivity index (χ4n) is 3.75. The van der Waals surface area contributed by atoms with Crippen LogP contribution in [0.5, 0.6) is 0 Å². The molecule has 1 heteroatoms. The van der Waals surface area contributed by atoms with Crippen molar-refractivity contribution in [3.63, 3.8) is 0 Å². The molecule has 158 valence electrons. The highest BCUT2D eigenvalue weighted by molar-refractivity contribution is 4.55. The maximum absolute atomic E-state index is 2.56. The van der Waals surface area contributed by atoms with Crippen molar-refractivity contribution in [1.82, 2.24) is 4.90 Å². The smallest absolute Gasteiger partial charge is 0.00218 e. The molecule has 0 N–H and O–H groups in total. The first-order valence-electron chi connectivity index (χ1n) is 12.2. The van der Waals surface area contributed by atoms with Crippen LogP contribution in [0.25, 0.3) is 0 Å². The molecule has 1 nitrogen and oxygen atoms in total. The SMILES string of the molecule is CC(C)CCCCCCCCCN(C)CCCCCCCCCC(C)C. The molecule has 0 atom stereocenters. The average molecular weight is 368 g/mol. The minimum atomic E-state index is 0.889. The standard InChI is InChI=1S/C25H53N/c1-24(2)20-16-12-8-6-10-14-18-22-26(5)23-19-15-11-7-9-13-17-21-25(3)4/h24-25H,6-23H2,1-5H3. The lowest BCUT2D eigenvalue weighted by atomic mass is 10.0. The van der Waals surface area contributed by atoms with E-state index in [-0.39, 0.29) is 0 Å². The van der Waals surface area contributed by atoms with Crippen molar-refractivity contribution in [2.24, 2.45) is 11.8 Å². The van der Waals surface area contributed by atoms with Gasteiger partial charge in [-0.1, -0.05) is 118 Å². The molecule has 0 bridgehead atoms. The molecule has 0 radical (unpaired) electrons. The zero-order valence-corrected chi connectivity index (χ0v) is 19.3. The number of hydrogen-bond acceptors (Lipinski definition) is 1. The molecule has 0 aliphatic rings. The Balaban J connectivity index is 3.17. The highest BCUT2D eigenvalue weighted by atomic mass is 15.1. The molecule has 0 aromatic heterocycles. The van der Waals surface area contributed by atoms with E-state index >= 15 is 0 Å². The largest absolute Gasteiger partial charge is 0.306 e. The van der Waals surface area contributed by atoms with Crippen LogP contribution < -0.4 is 0 Å². The number of rotatable bonds is 20. The highest BCUT2D eigenvalue weighted by Crippen LogP contribution is 2.13. The third-order valence-corrected chi connectivity index (χ3v) is 5.64. The summed E-state index contributed by atoms with van der Waals surface area (Å²) in [5.74, 6) is 1.78. The molecular weight excluding hydrogens is 314 g/mol. The van der Waals surface area contributed by atoms with Crippen LogP contribution in [-0.2, 0) is 0 Å². The summed E-state index contributed by atoms with van der Waals surface area (Å²) < 4.78 is 0. The molecule has 0 unspecified atom stereocenters. The van der Waals surface area contributed by atoms with Gasteiger partial charge in [-0.3, -0.25) is 0 Å². The first-order chi connectivity index (χ1) is 12.5. The molecule has 0 fully saturated rings. The van der Waals surface area contributed by atoms with E-state index in [0.29, 0.717) is 0 Å². The Morgan fingerprint density at radius 3 is 1.00 bits per heavy atom. The van der Waals surface area contributed by atoms with Gasteiger partial charge in [0.1, 0.15) is 0 Å². The second kappa shape index (κ2) is 19.7. The van der Waals surface area contributed by atoms with E-state index in [2.05, 4.69) is 39.6 Å². The molecule has 0 aliphatic carbocycles. The van der Waals surface area contributed by atoms with E-state index in [1.165, 1.54) is 116 Å². The Morgan fingerprint density at radius 1 is 0.423 bits per heavy atom. The Morgan fingerprint density at radius 2 is 0.692 bits per heavy atom. The Bertz CT molecular complexity index is 233. The molecule has 26 heavy (non-hydrogen) atoms. The molecule has 0 aromatic rings. The fraction of sp³-hybridized carbons (Fsp3) is 1.00. The zero-order chi connectivity index (χ0) is 19.5. The van der Waals surface area contributed by atoms with Crippen molar-refractivity contribution in [3.8, 4) is 0 Å². The molecule has 0 saturated carbocycles. The molecule has 0 heterocycles. The van der Waals surface area contributed by atoms with Crippen molar-refractivity contribution in [2.75, 3.05) is 20.1 Å². The number of hydrogen-bond donors (Lipinski definition) is 0. The minimum Gasteiger partial charge on any atom is -0.306 e. The molecule has 0 saturated heterocycles. The number of unbranched alkanes of at least 4 members (excludes halogenated alkanes) is 12. The van der Waals surface area contributed by atoms with Crippen molar-refractivity contribution in [2.45, 2.75) is 130 Å². The maximum Gasteiger partial charge on any atom is -0.00218 e. The predicted molar refractivity (Wildman–Crippen MR) is 121 cm³/mol. The van der Waals surface area contributed by atoms with Gasteiger partial charge >= 0.3 is 0 Å². The van der Waals surface area contributed by atoms with Crippen molar-refractivity contribution in [1.29, 1.82) is 0 Å². The molecule has 0 aromatic carbocycles. The van der Waals surface area contributed by atoms with E-state index < -0.39 is 0 Å². The Hall–Kier alpha value is -0.0400. The van der Waals surface area contributed by atoms with Gasteiger partial charge in [-0.25, -0.2) is 0 Å². The normalized spacial score (nSPS) is 12.0. The van der Waals surface area contributed by atoms with Gasteiger partial charge in [0.15, 0.2) is 0 Å². The topological polar surface area (TPSA) is 3.24 Å². The van der Waals surface area contributed by atoms with Crippen molar-refractivity contribution in [3.05, 3.63) is 0 Å². The maximum atomic E-state index is 2.56. The quantitative estimate of drug-likeness (QED) is 0.195. The van der Waals surface area contributed by atoms with E-state index in [9.17, 15) is 0 Å². The van der Waals surface area contributed by atoms with E-state index in [1.807, 2.05) is 0 Å². The van der Waals surface area contributed by atoms with Gasteiger partial charge in [-0.05, 0) is 44.8 Å². The van der Waals surface area contributed by atoms with Crippen LogP contribution in [0.4, 0.5) is 0 Å². The Kier molecular flexibility index (Phi) is 19.7. The molecule has 0 amide bonds. The summed E-state index contributed by atoms with van der Waals surface area (Å²) in [7, 11) is 2.32. The van der Waals surface area contributed by atoms with Crippen LogP contribution in [0.1, 0.15) is 130 Å². The van der Waals surface area contributed by atoms with Crippen LogP contribution in [0.3, 0.4) is 0 Å². The number of nitrogens with zero attached hydrogens (tertiary/aromatic N) is 1. The summed E-state index contributed by atoms with van der Waals surface area (Å²) in [6, 6.07) is 0. The third-order valence-electron chi connectivity index (χ3n) is 5.64. The van der Waals surface area contributed by atoms with Crippen LogP contribution in [0, 0.1) is 11.8 Å².